The summed E-state index contributed by atoms with van der Waals surface area (Å²) in [5.74, 6) is 1.18. The molecule has 1 aliphatic carbocycles. The normalized spacial score (nSPS) is 18.8. The van der Waals surface area contributed by atoms with Gasteiger partial charge in [0.05, 0.1) is 17.8 Å². The number of aryl methyl sites for hydroxylation is 2. The van der Waals surface area contributed by atoms with Crippen LogP contribution in [0.15, 0.2) is 48.9 Å². The van der Waals surface area contributed by atoms with Gasteiger partial charge in [0, 0.05) is 23.0 Å². The van der Waals surface area contributed by atoms with Crippen LogP contribution in [-0.4, -0.2) is 32.5 Å². The van der Waals surface area contributed by atoms with Gasteiger partial charge < -0.3 is 9.88 Å². The highest BCUT2D eigenvalue weighted by Crippen LogP contribution is 2.38. The van der Waals surface area contributed by atoms with E-state index >= 15 is 0 Å². The third-order valence-corrected chi connectivity index (χ3v) is 6.65. The number of nitrogens with zero attached hydrogens (tertiary/aromatic N) is 4. The van der Waals surface area contributed by atoms with Gasteiger partial charge in [0.15, 0.2) is 0 Å². The Bertz CT molecular complexity index is 1240. The molecule has 0 bridgehead atoms. The third-order valence-electron chi connectivity index (χ3n) is 6.65. The zero-order chi connectivity index (χ0) is 22.1. The van der Waals surface area contributed by atoms with E-state index in [2.05, 4.69) is 55.3 Å². The van der Waals surface area contributed by atoms with Gasteiger partial charge in [-0.05, 0) is 74.8 Å². The van der Waals surface area contributed by atoms with Crippen molar-refractivity contribution in [1.29, 1.82) is 0 Å². The van der Waals surface area contributed by atoms with Crippen LogP contribution in [0.4, 0.5) is 14.6 Å². The summed E-state index contributed by atoms with van der Waals surface area (Å²) in [5, 5.41) is 4.86. The summed E-state index contributed by atoms with van der Waals surface area (Å²) in [7, 11) is 0. The Morgan fingerprint density at radius 1 is 1.12 bits per heavy atom. The molecule has 0 aliphatic heterocycles. The number of hydrogen-bond acceptors (Lipinski definition) is 4. The van der Waals surface area contributed by atoms with Crippen molar-refractivity contribution in [3.8, 4) is 0 Å². The number of halogens is 2. The van der Waals surface area contributed by atoms with E-state index in [1.807, 2.05) is 13.0 Å². The number of hydrogen-bond donors (Lipinski definition) is 1. The molecule has 5 rings (SSSR count). The average molecular weight is 436 g/mol. The second-order valence-electron chi connectivity index (χ2n) is 8.79. The highest BCUT2D eigenvalue weighted by Gasteiger charge is 2.26. The lowest BCUT2D eigenvalue weighted by molar-refractivity contribution is 0.163. The van der Waals surface area contributed by atoms with Gasteiger partial charge in [0.1, 0.15) is 17.8 Å². The first kappa shape index (κ1) is 20.8. The lowest BCUT2D eigenvalue weighted by Crippen LogP contribution is -2.11. The largest absolute Gasteiger partial charge is 0.364 e. The van der Waals surface area contributed by atoms with Crippen LogP contribution in [-0.2, 0) is 6.42 Å². The van der Waals surface area contributed by atoms with Crippen LogP contribution in [0.5, 0.6) is 0 Å². The molecule has 4 aromatic rings. The molecule has 1 N–H and O–H groups in total. The standard InChI is InChI=1S/C25H27F2N5/c1-16-21-10-11-32(25(21)30-15-29-16)20-8-5-17(12-20)2-3-18-4-6-19-7-9-24(28-14-23(26)27)31-22(19)13-18/h4,6-7,9-11,13,15,17,20,23H,2-3,5,8,12,14H2,1H3,(H,28,31). The molecule has 2 unspecified atom stereocenters. The predicted molar refractivity (Wildman–Crippen MR) is 123 cm³/mol. The highest BCUT2D eigenvalue weighted by atomic mass is 19.3. The topological polar surface area (TPSA) is 55.6 Å². The zero-order valence-electron chi connectivity index (χ0n) is 18.1. The van der Waals surface area contributed by atoms with Gasteiger partial charge in [-0.15, -0.1) is 0 Å². The molecule has 7 heteroatoms. The van der Waals surface area contributed by atoms with E-state index in [-0.39, 0.29) is 6.54 Å². The van der Waals surface area contributed by atoms with Gasteiger partial charge in [0.25, 0.3) is 6.43 Å². The number of pyridine rings is 1. The lowest BCUT2D eigenvalue weighted by Gasteiger charge is -2.14. The molecular weight excluding hydrogens is 408 g/mol. The van der Waals surface area contributed by atoms with Gasteiger partial charge in [-0.1, -0.05) is 12.1 Å². The number of alkyl halides is 2. The molecule has 2 atom stereocenters. The summed E-state index contributed by atoms with van der Waals surface area (Å²) in [5.41, 5.74) is 4.16. The molecule has 166 valence electrons. The summed E-state index contributed by atoms with van der Waals surface area (Å²) in [6, 6.07) is 12.6. The summed E-state index contributed by atoms with van der Waals surface area (Å²) < 4.78 is 27.3. The van der Waals surface area contributed by atoms with Crippen LogP contribution < -0.4 is 5.32 Å². The van der Waals surface area contributed by atoms with Gasteiger partial charge in [-0.2, -0.15) is 0 Å². The molecular formula is C25H27F2N5. The predicted octanol–water partition coefficient (Wildman–Crippen LogP) is 5.94. The maximum Gasteiger partial charge on any atom is 0.255 e. The number of aromatic nitrogens is 4. The monoisotopic (exact) mass is 435 g/mol. The second-order valence-corrected chi connectivity index (χ2v) is 8.79. The van der Waals surface area contributed by atoms with E-state index in [1.165, 1.54) is 24.8 Å². The minimum absolute atomic E-state index is 0.386. The maximum atomic E-state index is 12.5. The van der Waals surface area contributed by atoms with Crippen molar-refractivity contribution in [1.82, 2.24) is 19.5 Å². The molecule has 5 nitrogen and oxygen atoms in total. The Hall–Kier alpha value is -3.09. The first-order valence-corrected chi connectivity index (χ1v) is 11.3. The molecule has 3 heterocycles. The molecule has 32 heavy (non-hydrogen) atoms. The van der Waals surface area contributed by atoms with E-state index in [4.69, 9.17) is 0 Å². The van der Waals surface area contributed by atoms with Gasteiger partial charge in [-0.25, -0.2) is 23.7 Å². The minimum atomic E-state index is -2.39. The van der Waals surface area contributed by atoms with Crippen LogP contribution in [0.3, 0.4) is 0 Å². The Morgan fingerprint density at radius 3 is 2.88 bits per heavy atom. The van der Waals surface area contributed by atoms with E-state index in [0.717, 1.165) is 40.5 Å². The molecule has 0 amide bonds. The maximum absolute atomic E-state index is 12.5. The summed E-state index contributed by atoms with van der Waals surface area (Å²) in [6.07, 6.45) is 7.13. The van der Waals surface area contributed by atoms with Crippen LogP contribution in [0.25, 0.3) is 21.9 Å². The van der Waals surface area contributed by atoms with E-state index in [9.17, 15) is 8.78 Å². The first-order chi connectivity index (χ1) is 15.6. The Balaban J connectivity index is 1.23. The fourth-order valence-corrected chi connectivity index (χ4v) is 4.92. The lowest BCUT2D eigenvalue weighted by atomic mass is 9.97. The quantitative estimate of drug-likeness (QED) is 0.390. The fraction of sp³-hybridized carbons (Fsp3) is 0.400. The Kier molecular flexibility index (Phi) is 5.72. The third kappa shape index (κ3) is 4.29. The van der Waals surface area contributed by atoms with Crippen LogP contribution in [0.2, 0.25) is 0 Å². The van der Waals surface area contributed by atoms with E-state index in [0.29, 0.717) is 17.8 Å². The number of rotatable bonds is 7. The minimum Gasteiger partial charge on any atom is -0.364 e. The van der Waals surface area contributed by atoms with Gasteiger partial charge >= 0.3 is 0 Å². The molecule has 0 spiro atoms. The Morgan fingerprint density at radius 2 is 2.00 bits per heavy atom. The van der Waals surface area contributed by atoms with Crippen molar-refractivity contribution in [2.75, 3.05) is 11.9 Å². The zero-order valence-corrected chi connectivity index (χ0v) is 18.1. The molecule has 0 saturated heterocycles. The SMILES string of the molecule is Cc1ncnc2c1ccn2C1CCC(CCc2ccc3ccc(NCC(F)F)nc3c2)C1. The Labute approximate surface area is 185 Å². The molecule has 3 aromatic heterocycles. The van der Waals surface area contributed by atoms with Crippen molar-refractivity contribution in [2.24, 2.45) is 5.92 Å². The van der Waals surface area contributed by atoms with Crippen molar-refractivity contribution in [3.05, 3.63) is 60.2 Å². The first-order valence-electron chi connectivity index (χ1n) is 11.3. The van der Waals surface area contributed by atoms with Crippen molar-refractivity contribution in [2.45, 2.75) is 51.5 Å². The van der Waals surface area contributed by atoms with Crippen molar-refractivity contribution >= 4 is 27.8 Å². The van der Waals surface area contributed by atoms with Gasteiger partial charge in [0.2, 0.25) is 0 Å². The number of nitrogens with one attached hydrogen (secondary N) is 1. The smallest absolute Gasteiger partial charge is 0.255 e. The van der Waals surface area contributed by atoms with Crippen LogP contribution >= 0.6 is 0 Å². The second kappa shape index (κ2) is 8.81. The number of anilines is 1. The van der Waals surface area contributed by atoms with Gasteiger partial charge in [-0.3, -0.25) is 0 Å². The number of fused-ring (bicyclic) bond motifs is 2. The summed E-state index contributed by atoms with van der Waals surface area (Å²) >= 11 is 0. The average Bonchev–Trinajstić information content (AvgIpc) is 3.43. The molecule has 1 saturated carbocycles. The summed E-state index contributed by atoms with van der Waals surface area (Å²) in [6.45, 7) is 1.64. The summed E-state index contributed by atoms with van der Waals surface area (Å²) in [4.78, 5) is 13.3. The van der Waals surface area contributed by atoms with Crippen LogP contribution in [0.1, 0.15) is 43.0 Å². The molecule has 1 aromatic carbocycles. The fourth-order valence-electron chi connectivity index (χ4n) is 4.92. The van der Waals surface area contributed by atoms with Crippen LogP contribution in [0, 0.1) is 12.8 Å². The number of benzene rings is 1. The van der Waals surface area contributed by atoms with E-state index < -0.39 is 6.43 Å². The molecule has 1 fully saturated rings. The van der Waals surface area contributed by atoms with Crippen molar-refractivity contribution < 1.29 is 8.78 Å². The van der Waals surface area contributed by atoms with Crippen molar-refractivity contribution in [3.63, 3.8) is 0 Å². The highest BCUT2D eigenvalue weighted by molar-refractivity contribution is 5.81. The van der Waals surface area contributed by atoms with E-state index in [1.54, 1.807) is 12.4 Å². The molecule has 0 radical (unpaired) electrons. The molecule has 1 aliphatic rings.